The summed E-state index contributed by atoms with van der Waals surface area (Å²) in [7, 11) is 0. The number of nitriles is 1. The van der Waals surface area contributed by atoms with Gasteiger partial charge in [-0.3, -0.25) is 4.98 Å². The maximum absolute atomic E-state index is 8.97. The third-order valence-corrected chi connectivity index (χ3v) is 2.60. The van der Waals surface area contributed by atoms with Gasteiger partial charge >= 0.3 is 0 Å². The van der Waals surface area contributed by atoms with Crippen LogP contribution in [-0.2, 0) is 0 Å². The molecule has 0 bridgehead atoms. The predicted molar refractivity (Wildman–Crippen MR) is 63.9 cm³/mol. The number of nitrogens with zero attached hydrogens (tertiary/aromatic N) is 2. The van der Waals surface area contributed by atoms with Crippen LogP contribution in [0.25, 0.3) is 11.1 Å². The van der Waals surface area contributed by atoms with Crippen molar-refractivity contribution in [2.75, 3.05) is 0 Å². The molecule has 0 aliphatic carbocycles. The zero-order valence-corrected chi connectivity index (χ0v) is 9.36. The Morgan fingerprint density at radius 1 is 1.06 bits per heavy atom. The van der Waals surface area contributed by atoms with E-state index in [1.165, 1.54) is 0 Å². The van der Waals surface area contributed by atoms with Gasteiger partial charge in [-0.25, -0.2) is 0 Å². The van der Waals surface area contributed by atoms with Crippen LogP contribution >= 0.6 is 0 Å². The minimum Gasteiger partial charge on any atom is -0.261 e. The Morgan fingerprint density at radius 2 is 1.81 bits per heavy atom. The molecule has 78 valence electrons. The molecule has 0 aliphatic heterocycles. The lowest BCUT2D eigenvalue weighted by atomic mass is 10.0. The number of aryl methyl sites for hydroxylation is 2. The maximum Gasteiger partial charge on any atom is 0.0994 e. The van der Waals surface area contributed by atoms with E-state index in [2.05, 4.69) is 11.1 Å². The topological polar surface area (TPSA) is 36.7 Å². The van der Waals surface area contributed by atoms with Gasteiger partial charge in [-0.05, 0) is 37.1 Å². The van der Waals surface area contributed by atoms with Crippen molar-refractivity contribution in [1.82, 2.24) is 4.98 Å². The van der Waals surface area contributed by atoms with E-state index in [-0.39, 0.29) is 0 Å². The van der Waals surface area contributed by atoms with Crippen molar-refractivity contribution in [3.63, 3.8) is 0 Å². The Morgan fingerprint density at radius 3 is 2.44 bits per heavy atom. The Bertz CT molecular complexity index is 548. The van der Waals surface area contributed by atoms with Gasteiger partial charge in [-0.2, -0.15) is 5.26 Å². The van der Waals surface area contributed by atoms with Gasteiger partial charge in [0.25, 0.3) is 0 Å². The van der Waals surface area contributed by atoms with Crippen molar-refractivity contribution in [3.05, 3.63) is 53.3 Å². The quantitative estimate of drug-likeness (QED) is 0.721. The number of aromatic nitrogens is 1. The van der Waals surface area contributed by atoms with E-state index in [1.54, 1.807) is 0 Å². The smallest absolute Gasteiger partial charge is 0.0994 e. The molecule has 2 heteroatoms. The molecule has 0 amide bonds. The minimum absolute atomic E-state index is 0.720. The summed E-state index contributed by atoms with van der Waals surface area (Å²) in [5.41, 5.74) is 4.80. The molecule has 1 aromatic carbocycles. The highest BCUT2D eigenvalue weighted by atomic mass is 14.7. The summed E-state index contributed by atoms with van der Waals surface area (Å²) < 4.78 is 0. The lowest BCUT2D eigenvalue weighted by Gasteiger charge is -2.04. The molecule has 0 saturated heterocycles. The van der Waals surface area contributed by atoms with Gasteiger partial charge in [0, 0.05) is 17.5 Å². The Hall–Kier alpha value is -2.14. The first-order chi connectivity index (χ1) is 7.70. The van der Waals surface area contributed by atoms with Crippen LogP contribution in [0, 0.1) is 25.2 Å². The molecule has 2 aromatic rings. The van der Waals surface area contributed by atoms with Crippen molar-refractivity contribution in [2.24, 2.45) is 0 Å². The number of pyridine rings is 1. The monoisotopic (exact) mass is 208 g/mol. The maximum atomic E-state index is 8.97. The van der Waals surface area contributed by atoms with E-state index >= 15 is 0 Å². The Balaban J connectivity index is 2.49. The second kappa shape index (κ2) is 4.16. The average Bonchev–Trinajstić information content (AvgIpc) is 2.31. The molecule has 2 rings (SSSR count). The number of hydrogen-bond acceptors (Lipinski definition) is 2. The van der Waals surface area contributed by atoms with Crippen molar-refractivity contribution >= 4 is 0 Å². The molecule has 0 fully saturated rings. The second-order valence-corrected chi connectivity index (χ2v) is 3.83. The van der Waals surface area contributed by atoms with E-state index in [1.807, 2.05) is 50.4 Å². The minimum atomic E-state index is 0.720. The number of benzene rings is 1. The lowest BCUT2D eigenvalue weighted by Crippen LogP contribution is -1.86. The van der Waals surface area contributed by atoms with Crippen molar-refractivity contribution in [1.29, 1.82) is 5.26 Å². The predicted octanol–water partition coefficient (Wildman–Crippen LogP) is 3.24. The number of rotatable bonds is 1. The first kappa shape index (κ1) is 10.4. The molecule has 2 nitrogen and oxygen atoms in total. The fraction of sp³-hybridized carbons (Fsp3) is 0.143. The molecule has 0 atom stereocenters. The largest absolute Gasteiger partial charge is 0.261 e. The van der Waals surface area contributed by atoms with Crippen LogP contribution in [0.4, 0.5) is 0 Å². The second-order valence-electron chi connectivity index (χ2n) is 3.83. The van der Waals surface area contributed by atoms with Crippen molar-refractivity contribution in [2.45, 2.75) is 13.8 Å². The highest BCUT2D eigenvalue weighted by Crippen LogP contribution is 2.21. The standard InChI is InChI=1S/C14H12N2/c1-10-3-5-12(7-14(10)8-15)13-6-4-11(2)16-9-13/h3-7,9H,1-2H3. The van der Waals surface area contributed by atoms with Crippen LogP contribution in [0.1, 0.15) is 16.8 Å². The summed E-state index contributed by atoms with van der Waals surface area (Å²) in [4.78, 5) is 4.25. The number of hydrogen-bond donors (Lipinski definition) is 0. The third-order valence-electron chi connectivity index (χ3n) is 2.60. The van der Waals surface area contributed by atoms with E-state index in [0.29, 0.717) is 0 Å². The molecule has 1 aromatic heterocycles. The van der Waals surface area contributed by atoms with Gasteiger partial charge in [0.15, 0.2) is 0 Å². The normalized spacial score (nSPS) is 9.81. The lowest BCUT2D eigenvalue weighted by molar-refractivity contribution is 1.20. The Kier molecular flexibility index (Phi) is 2.70. The zero-order chi connectivity index (χ0) is 11.5. The van der Waals surface area contributed by atoms with Gasteiger partial charge in [0.05, 0.1) is 11.6 Å². The summed E-state index contributed by atoms with van der Waals surface area (Å²) in [6, 6.07) is 12.1. The summed E-state index contributed by atoms with van der Waals surface area (Å²) in [6.07, 6.45) is 1.83. The van der Waals surface area contributed by atoms with Crippen LogP contribution in [0.3, 0.4) is 0 Å². The van der Waals surface area contributed by atoms with Gasteiger partial charge in [-0.1, -0.05) is 18.2 Å². The molecular weight excluding hydrogens is 196 g/mol. The molecule has 0 radical (unpaired) electrons. The summed E-state index contributed by atoms with van der Waals surface area (Å²) in [6.45, 7) is 3.90. The van der Waals surface area contributed by atoms with E-state index in [0.717, 1.165) is 27.9 Å². The van der Waals surface area contributed by atoms with Crippen LogP contribution < -0.4 is 0 Å². The van der Waals surface area contributed by atoms with E-state index < -0.39 is 0 Å². The molecule has 1 heterocycles. The fourth-order valence-corrected chi connectivity index (χ4v) is 1.56. The fourth-order valence-electron chi connectivity index (χ4n) is 1.56. The summed E-state index contributed by atoms with van der Waals surface area (Å²) in [5, 5.41) is 8.97. The highest BCUT2D eigenvalue weighted by Gasteiger charge is 2.02. The molecule has 0 aliphatic rings. The molecule has 0 spiro atoms. The SMILES string of the molecule is Cc1ccc(-c2ccc(C)c(C#N)c2)cn1. The van der Waals surface area contributed by atoms with Crippen LogP contribution in [0.2, 0.25) is 0 Å². The van der Waals surface area contributed by atoms with Gasteiger partial charge in [0.2, 0.25) is 0 Å². The first-order valence-corrected chi connectivity index (χ1v) is 5.14. The molecule has 16 heavy (non-hydrogen) atoms. The highest BCUT2D eigenvalue weighted by molar-refractivity contribution is 5.65. The zero-order valence-electron chi connectivity index (χ0n) is 9.36. The van der Waals surface area contributed by atoms with Gasteiger partial charge in [-0.15, -0.1) is 0 Å². The third kappa shape index (κ3) is 1.94. The Labute approximate surface area is 95.2 Å². The van der Waals surface area contributed by atoms with Gasteiger partial charge in [0.1, 0.15) is 0 Å². The van der Waals surface area contributed by atoms with Crippen LogP contribution in [-0.4, -0.2) is 4.98 Å². The molecule has 0 saturated carbocycles. The summed E-state index contributed by atoms with van der Waals surface area (Å²) >= 11 is 0. The van der Waals surface area contributed by atoms with Crippen molar-refractivity contribution < 1.29 is 0 Å². The van der Waals surface area contributed by atoms with Gasteiger partial charge < -0.3 is 0 Å². The summed E-state index contributed by atoms with van der Waals surface area (Å²) in [5.74, 6) is 0. The molecule has 0 unspecified atom stereocenters. The molecular formula is C14H12N2. The average molecular weight is 208 g/mol. The van der Waals surface area contributed by atoms with E-state index in [4.69, 9.17) is 5.26 Å². The first-order valence-electron chi connectivity index (χ1n) is 5.14. The van der Waals surface area contributed by atoms with Crippen LogP contribution in [0.15, 0.2) is 36.5 Å². The molecule has 0 N–H and O–H groups in total. The van der Waals surface area contributed by atoms with E-state index in [9.17, 15) is 0 Å². The van der Waals surface area contributed by atoms with Crippen molar-refractivity contribution in [3.8, 4) is 17.2 Å². The van der Waals surface area contributed by atoms with Crippen LogP contribution in [0.5, 0.6) is 0 Å².